The molecule has 2 aromatic heterocycles. The number of para-hydroxylation sites is 1. The molecule has 0 atom stereocenters. The van der Waals surface area contributed by atoms with Crippen molar-refractivity contribution in [2.45, 2.75) is 0 Å². The molecule has 0 aliphatic carbocycles. The number of ketones is 1. The van der Waals surface area contributed by atoms with Crippen LogP contribution < -0.4 is 4.74 Å². The maximum Gasteiger partial charge on any atom is 0.189 e. The largest absolute Gasteiger partial charge is 0.497 e. The Labute approximate surface area is 168 Å². The van der Waals surface area contributed by atoms with Crippen molar-refractivity contribution in [3.05, 3.63) is 90.4 Å². The van der Waals surface area contributed by atoms with E-state index in [1.807, 2.05) is 65.5 Å². The highest BCUT2D eigenvalue weighted by Gasteiger charge is 2.12. The molecular formula is C23H20N4O2. The highest BCUT2D eigenvalue weighted by atomic mass is 16.5. The van der Waals surface area contributed by atoms with Gasteiger partial charge < -0.3 is 4.74 Å². The molecule has 4 rings (SSSR count). The monoisotopic (exact) mass is 384 g/mol. The van der Waals surface area contributed by atoms with E-state index < -0.39 is 0 Å². The Bertz CT molecular complexity index is 1160. The van der Waals surface area contributed by atoms with Gasteiger partial charge in [0.25, 0.3) is 0 Å². The maximum absolute atomic E-state index is 12.5. The van der Waals surface area contributed by atoms with Crippen LogP contribution in [-0.4, -0.2) is 32.5 Å². The highest BCUT2D eigenvalue weighted by Crippen LogP contribution is 2.27. The molecule has 0 N–H and O–H groups in total. The molecule has 6 heteroatoms. The third-order valence-electron chi connectivity index (χ3n) is 4.53. The van der Waals surface area contributed by atoms with Gasteiger partial charge in [0.05, 0.1) is 30.3 Å². The summed E-state index contributed by atoms with van der Waals surface area (Å²) in [4.78, 5) is 12.5. The third-order valence-corrected chi connectivity index (χ3v) is 4.53. The van der Waals surface area contributed by atoms with Crippen LogP contribution in [0.15, 0.2) is 79.3 Å². The Balaban J connectivity index is 1.73. The van der Waals surface area contributed by atoms with Crippen LogP contribution in [0, 0.1) is 0 Å². The average Bonchev–Trinajstić information content (AvgIpc) is 3.39. The van der Waals surface area contributed by atoms with E-state index in [9.17, 15) is 4.79 Å². The molecule has 0 spiro atoms. The number of carbonyl (C=O) groups is 1. The van der Waals surface area contributed by atoms with Gasteiger partial charge in [-0.2, -0.15) is 10.2 Å². The number of benzene rings is 2. The van der Waals surface area contributed by atoms with Crippen molar-refractivity contribution in [3.8, 4) is 22.7 Å². The third kappa shape index (κ3) is 4.01. The molecule has 2 aromatic carbocycles. The van der Waals surface area contributed by atoms with Crippen LogP contribution in [0.2, 0.25) is 0 Å². The SMILES string of the molecule is COc1ccc(-c2nn(-c3ccccc3)cc2C=CC(=O)c2cnn(C)c2)cc1. The summed E-state index contributed by atoms with van der Waals surface area (Å²) in [5.41, 5.74) is 4.06. The molecule has 0 aliphatic heterocycles. The minimum Gasteiger partial charge on any atom is -0.497 e. The van der Waals surface area contributed by atoms with Crippen molar-refractivity contribution >= 4 is 11.9 Å². The summed E-state index contributed by atoms with van der Waals surface area (Å²) >= 11 is 0. The van der Waals surface area contributed by atoms with Crippen molar-refractivity contribution in [2.24, 2.45) is 7.05 Å². The average molecular weight is 384 g/mol. The number of methoxy groups -OCH3 is 1. The van der Waals surface area contributed by atoms with Gasteiger partial charge in [-0.15, -0.1) is 0 Å². The van der Waals surface area contributed by atoms with E-state index in [1.165, 1.54) is 0 Å². The van der Waals surface area contributed by atoms with Crippen molar-refractivity contribution in [1.82, 2.24) is 19.6 Å². The molecule has 0 unspecified atom stereocenters. The fraction of sp³-hybridized carbons (Fsp3) is 0.0870. The second-order valence-electron chi connectivity index (χ2n) is 6.54. The quantitative estimate of drug-likeness (QED) is 0.370. The van der Waals surface area contributed by atoms with Crippen LogP contribution in [0.25, 0.3) is 23.0 Å². The summed E-state index contributed by atoms with van der Waals surface area (Å²) in [6, 6.07) is 17.6. The van der Waals surface area contributed by atoms with E-state index >= 15 is 0 Å². The Morgan fingerprint density at radius 1 is 1.03 bits per heavy atom. The van der Waals surface area contributed by atoms with Gasteiger partial charge >= 0.3 is 0 Å². The molecular weight excluding hydrogens is 364 g/mol. The zero-order chi connectivity index (χ0) is 20.2. The topological polar surface area (TPSA) is 61.9 Å². The van der Waals surface area contributed by atoms with E-state index in [0.29, 0.717) is 5.56 Å². The first-order valence-corrected chi connectivity index (χ1v) is 9.14. The fourth-order valence-corrected chi connectivity index (χ4v) is 3.01. The molecule has 144 valence electrons. The lowest BCUT2D eigenvalue weighted by atomic mass is 10.1. The van der Waals surface area contributed by atoms with Crippen LogP contribution in [0.1, 0.15) is 15.9 Å². The summed E-state index contributed by atoms with van der Waals surface area (Å²) in [6.07, 6.45) is 8.52. The lowest BCUT2D eigenvalue weighted by Gasteiger charge is -2.02. The van der Waals surface area contributed by atoms with E-state index in [0.717, 1.165) is 28.3 Å². The highest BCUT2D eigenvalue weighted by molar-refractivity contribution is 6.06. The van der Waals surface area contributed by atoms with Crippen LogP contribution in [-0.2, 0) is 7.05 Å². The minimum atomic E-state index is -0.105. The summed E-state index contributed by atoms with van der Waals surface area (Å²) in [7, 11) is 3.42. The summed E-state index contributed by atoms with van der Waals surface area (Å²) in [6.45, 7) is 0. The van der Waals surface area contributed by atoms with E-state index in [2.05, 4.69) is 5.10 Å². The first-order valence-electron chi connectivity index (χ1n) is 9.14. The Morgan fingerprint density at radius 3 is 2.45 bits per heavy atom. The Kier molecular flexibility index (Phi) is 5.07. The number of hydrogen-bond donors (Lipinski definition) is 0. The summed E-state index contributed by atoms with van der Waals surface area (Å²) in [5, 5.41) is 8.81. The predicted molar refractivity (Wildman–Crippen MR) is 112 cm³/mol. The molecule has 0 radical (unpaired) electrons. The summed E-state index contributed by atoms with van der Waals surface area (Å²) in [5.74, 6) is 0.673. The molecule has 4 aromatic rings. The molecule has 29 heavy (non-hydrogen) atoms. The smallest absolute Gasteiger partial charge is 0.189 e. The standard InChI is InChI=1S/C23H20N4O2/c1-26-15-19(14-24-26)22(28)13-10-18-16-27(20-6-4-3-5-7-20)25-23(18)17-8-11-21(29-2)12-9-17/h3-16H,1-2H3. The lowest BCUT2D eigenvalue weighted by molar-refractivity contribution is 0.104. The Morgan fingerprint density at radius 2 is 1.79 bits per heavy atom. The number of carbonyl (C=O) groups excluding carboxylic acids is 1. The number of aromatic nitrogens is 4. The van der Waals surface area contributed by atoms with E-state index in [1.54, 1.807) is 43.4 Å². The van der Waals surface area contributed by atoms with Crippen molar-refractivity contribution in [2.75, 3.05) is 7.11 Å². The molecule has 0 aliphatic rings. The second kappa shape index (κ2) is 7.98. The van der Waals surface area contributed by atoms with Crippen molar-refractivity contribution in [1.29, 1.82) is 0 Å². The van der Waals surface area contributed by atoms with Crippen LogP contribution in [0.4, 0.5) is 0 Å². The maximum atomic E-state index is 12.5. The molecule has 0 saturated heterocycles. The van der Waals surface area contributed by atoms with Gasteiger partial charge in [0.1, 0.15) is 5.75 Å². The van der Waals surface area contributed by atoms with Gasteiger partial charge in [0, 0.05) is 30.6 Å². The first-order chi connectivity index (χ1) is 14.1. The molecule has 6 nitrogen and oxygen atoms in total. The number of aryl methyl sites for hydroxylation is 1. The molecule has 0 fully saturated rings. The molecule has 0 amide bonds. The predicted octanol–water partition coefficient (Wildman–Crippen LogP) is 4.18. The molecule has 0 saturated carbocycles. The number of hydrogen-bond acceptors (Lipinski definition) is 4. The van der Waals surface area contributed by atoms with Gasteiger partial charge in [0.2, 0.25) is 0 Å². The number of ether oxygens (including phenoxy) is 1. The van der Waals surface area contributed by atoms with Crippen LogP contribution in [0.5, 0.6) is 5.75 Å². The number of rotatable bonds is 6. The van der Waals surface area contributed by atoms with Crippen LogP contribution >= 0.6 is 0 Å². The molecule has 2 heterocycles. The fourth-order valence-electron chi connectivity index (χ4n) is 3.01. The lowest BCUT2D eigenvalue weighted by Crippen LogP contribution is -1.94. The first kappa shape index (κ1) is 18.4. The van der Waals surface area contributed by atoms with E-state index in [4.69, 9.17) is 9.84 Å². The van der Waals surface area contributed by atoms with Gasteiger partial charge in [-0.3, -0.25) is 9.48 Å². The zero-order valence-electron chi connectivity index (χ0n) is 16.2. The second-order valence-corrected chi connectivity index (χ2v) is 6.54. The van der Waals surface area contributed by atoms with Gasteiger partial charge in [0.15, 0.2) is 5.78 Å². The van der Waals surface area contributed by atoms with Gasteiger partial charge in [-0.05, 0) is 48.6 Å². The normalized spacial score (nSPS) is 11.1. The minimum absolute atomic E-state index is 0.105. The summed E-state index contributed by atoms with van der Waals surface area (Å²) < 4.78 is 8.67. The number of nitrogens with zero attached hydrogens (tertiary/aromatic N) is 4. The zero-order valence-corrected chi connectivity index (χ0v) is 16.2. The van der Waals surface area contributed by atoms with Crippen LogP contribution in [0.3, 0.4) is 0 Å². The Hall–Kier alpha value is -3.93. The van der Waals surface area contributed by atoms with Crippen molar-refractivity contribution in [3.63, 3.8) is 0 Å². The van der Waals surface area contributed by atoms with Gasteiger partial charge in [-0.25, -0.2) is 4.68 Å². The molecule has 0 bridgehead atoms. The van der Waals surface area contributed by atoms with E-state index in [-0.39, 0.29) is 5.78 Å². The number of allylic oxidation sites excluding steroid dienone is 1. The van der Waals surface area contributed by atoms with Gasteiger partial charge in [-0.1, -0.05) is 18.2 Å². The van der Waals surface area contributed by atoms with Crippen molar-refractivity contribution < 1.29 is 9.53 Å².